The predicted molar refractivity (Wildman–Crippen MR) is 55.2 cm³/mol. The van der Waals surface area contributed by atoms with E-state index in [1.54, 1.807) is 6.92 Å². The maximum absolute atomic E-state index is 10.6. The number of hydrogen-bond acceptors (Lipinski definition) is 3. The van der Waals surface area contributed by atoms with Crippen molar-refractivity contribution in [3.63, 3.8) is 0 Å². The Hall–Kier alpha value is -0.610. The van der Waals surface area contributed by atoms with Crippen molar-refractivity contribution in [3.8, 4) is 0 Å². The van der Waals surface area contributed by atoms with Crippen LogP contribution in [-0.4, -0.2) is 29.3 Å². The quantitative estimate of drug-likeness (QED) is 0.613. The Kier molecular flexibility index (Phi) is 5.72. The Labute approximate surface area is 85.4 Å². The Morgan fingerprint density at radius 1 is 1.50 bits per heavy atom. The van der Waals surface area contributed by atoms with Gasteiger partial charge in [0.05, 0.1) is 6.10 Å². The molecule has 0 spiro atoms. The molecule has 3 N–H and O–H groups in total. The van der Waals surface area contributed by atoms with Gasteiger partial charge in [0.2, 0.25) is 0 Å². The molecule has 0 saturated carbocycles. The van der Waals surface area contributed by atoms with Crippen molar-refractivity contribution in [2.75, 3.05) is 6.61 Å². The summed E-state index contributed by atoms with van der Waals surface area (Å²) in [4.78, 5) is 10.6. The van der Waals surface area contributed by atoms with Gasteiger partial charge in [-0.3, -0.25) is 4.79 Å². The lowest BCUT2D eigenvalue weighted by Gasteiger charge is -2.18. The molecule has 4 nitrogen and oxygen atoms in total. The van der Waals surface area contributed by atoms with Gasteiger partial charge in [0.1, 0.15) is 5.54 Å². The summed E-state index contributed by atoms with van der Waals surface area (Å²) in [5, 5.41) is 8.73. The highest BCUT2D eigenvalue weighted by molar-refractivity contribution is 5.77. The first kappa shape index (κ1) is 13.4. The van der Waals surface area contributed by atoms with Crippen molar-refractivity contribution in [2.24, 2.45) is 5.73 Å². The zero-order valence-corrected chi connectivity index (χ0v) is 9.25. The van der Waals surface area contributed by atoms with E-state index in [2.05, 4.69) is 0 Å². The summed E-state index contributed by atoms with van der Waals surface area (Å²) in [5.74, 6) is -0.942. The molecule has 0 amide bonds. The summed E-state index contributed by atoms with van der Waals surface area (Å²) >= 11 is 0. The first-order valence-electron chi connectivity index (χ1n) is 5.00. The van der Waals surface area contributed by atoms with Crippen molar-refractivity contribution in [1.29, 1.82) is 0 Å². The van der Waals surface area contributed by atoms with Crippen LogP contribution in [0.15, 0.2) is 0 Å². The molecule has 0 aliphatic heterocycles. The van der Waals surface area contributed by atoms with Crippen molar-refractivity contribution in [3.05, 3.63) is 0 Å². The second-order valence-corrected chi connectivity index (χ2v) is 4.10. The zero-order chi connectivity index (χ0) is 11.2. The van der Waals surface area contributed by atoms with E-state index in [-0.39, 0.29) is 6.10 Å². The Balaban J connectivity index is 3.49. The molecule has 0 aromatic carbocycles. The van der Waals surface area contributed by atoms with Crippen molar-refractivity contribution in [2.45, 2.75) is 51.7 Å². The van der Waals surface area contributed by atoms with E-state index >= 15 is 0 Å². The van der Waals surface area contributed by atoms with Gasteiger partial charge in [0.25, 0.3) is 0 Å². The fraction of sp³-hybridized carbons (Fsp3) is 0.900. The van der Waals surface area contributed by atoms with Crippen LogP contribution in [0.5, 0.6) is 0 Å². The lowest BCUT2D eigenvalue weighted by molar-refractivity contribution is -0.143. The van der Waals surface area contributed by atoms with Crippen LogP contribution >= 0.6 is 0 Å². The van der Waals surface area contributed by atoms with Gasteiger partial charge in [-0.25, -0.2) is 0 Å². The predicted octanol–water partition coefficient (Wildman–Crippen LogP) is 1.38. The van der Waals surface area contributed by atoms with Gasteiger partial charge in [0.15, 0.2) is 0 Å². The molecule has 0 aliphatic carbocycles. The van der Waals surface area contributed by atoms with Crippen molar-refractivity contribution < 1.29 is 14.6 Å². The van der Waals surface area contributed by atoms with Crippen LogP contribution < -0.4 is 5.73 Å². The fourth-order valence-electron chi connectivity index (χ4n) is 1.02. The van der Waals surface area contributed by atoms with Gasteiger partial charge in [-0.05, 0) is 40.0 Å². The molecule has 0 bridgehead atoms. The monoisotopic (exact) mass is 203 g/mol. The normalized spacial score (nSPS) is 15.5. The first-order valence-corrected chi connectivity index (χ1v) is 5.00. The number of carbonyl (C=O) groups is 1. The van der Waals surface area contributed by atoms with Crippen LogP contribution in [0.4, 0.5) is 0 Å². The minimum absolute atomic E-state index is 0.235. The van der Waals surface area contributed by atoms with E-state index in [1.807, 2.05) is 13.8 Å². The summed E-state index contributed by atoms with van der Waals surface area (Å²) in [7, 11) is 0. The molecule has 14 heavy (non-hydrogen) atoms. The van der Waals surface area contributed by atoms with Gasteiger partial charge in [0, 0.05) is 6.61 Å². The average Bonchev–Trinajstić information content (AvgIpc) is 2.02. The molecular formula is C10H21NO3. The lowest BCUT2D eigenvalue weighted by atomic mass is 9.97. The molecule has 0 heterocycles. The van der Waals surface area contributed by atoms with E-state index in [0.717, 1.165) is 12.8 Å². The number of carboxylic acid groups (broad SMARTS) is 1. The number of aliphatic carboxylic acids is 1. The van der Waals surface area contributed by atoms with Crippen LogP contribution in [0.1, 0.15) is 40.0 Å². The molecule has 1 atom stereocenters. The first-order chi connectivity index (χ1) is 6.36. The minimum atomic E-state index is -1.10. The van der Waals surface area contributed by atoms with Crippen LogP contribution in [0.25, 0.3) is 0 Å². The van der Waals surface area contributed by atoms with E-state index < -0.39 is 11.5 Å². The van der Waals surface area contributed by atoms with Gasteiger partial charge >= 0.3 is 5.97 Å². The second-order valence-electron chi connectivity index (χ2n) is 4.10. The molecule has 0 fully saturated rings. The Bertz CT molecular complexity index is 178. The molecule has 0 rings (SSSR count). The molecule has 84 valence electrons. The maximum Gasteiger partial charge on any atom is 0.323 e. The second kappa shape index (κ2) is 5.98. The third-order valence-electron chi connectivity index (χ3n) is 2.03. The van der Waals surface area contributed by atoms with Crippen molar-refractivity contribution >= 4 is 5.97 Å². The average molecular weight is 203 g/mol. The van der Waals surface area contributed by atoms with Gasteiger partial charge in [-0.15, -0.1) is 0 Å². The van der Waals surface area contributed by atoms with Crippen molar-refractivity contribution in [1.82, 2.24) is 0 Å². The molecule has 0 aliphatic rings. The topological polar surface area (TPSA) is 72.5 Å². The summed E-state index contributed by atoms with van der Waals surface area (Å²) in [6.07, 6.45) is 2.37. The number of carboxylic acids is 1. The number of nitrogens with two attached hydrogens (primary N) is 1. The van der Waals surface area contributed by atoms with Crippen LogP contribution in [0, 0.1) is 0 Å². The Morgan fingerprint density at radius 2 is 2.07 bits per heavy atom. The standard InChI is InChI=1S/C10H21NO3/c1-8(2)14-7-5-4-6-10(3,11)9(12)13/h8H,4-7,11H2,1-3H3,(H,12,13). The van der Waals surface area contributed by atoms with Gasteiger partial charge < -0.3 is 15.6 Å². The highest BCUT2D eigenvalue weighted by Gasteiger charge is 2.26. The molecule has 1 unspecified atom stereocenters. The fourth-order valence-corrected chi connectivity index (χ4v) is 1.02. The van der Waals surface area contributed by atoms with Gasteiger partial charge in [-0.1, -0.05) is 0 Å². The smallest absolute Gasteiger partial charge is 0.323 e. The summed E-state index contributed by atoms with van der Waals surface area (Å²) < 4.78 is 5.33. The number of hydrogen-bond donors (Lipinski definition) is 2. The summed E-state index contributed by atoms with van der Waals surface area (Å²) in [5.41, 5.74) is 4.46. The third kappa shape index (κ3) is 5.94. The van der Waals surface area contributed by atoms with E-state index in [0.29, 0.717) is 13.0 Å². The highest BCUT2D eigenvalue weighted by atomic mass is 16.5. The molecule has 4 heteroatoms. The summed E-state index contributed by atoms with van der Waals surface area (Å²) in [6.45, 7) is 6.17. The molecular weight excluding hydrogens is 182 g/mol. The van der Waals surface area contributed by atoms with Crippen LogP contribution in [-0.2, 0) is 9.53 Å². The molecule has 0 radical (unpaired) electrons. The van der Waals surface area contributed by atoms with E-state index in [4.69, 9.17) is 15.6 Å². The minimum Gasteiger partial charge on any atom is -0.480 e. The maximum atomic E-state index is 10.6. The number of ether oxygens (including phenoxy) is 1. The van der Waals surface area contributed by atoms with Gasteiger partial charge in [-0.2, -0.15) is 0 Å². The summed E-state index contributed by atoms with van der Waals surface area (Å²) in [6, 6.07) is 0. The molecule has 0 aromatic heterocycles. The zero-order valence-electron chi connectivity index (χ0n) is 9.25. The van der Waals surface area contributed by atoms with E-state index in [1.165, 1.54) is 0 Å². The lowest BCUT2D eigenvalue weighted by Crippen LogP contribution is -2.44. The largest absolute Gasteiger partial charge is 0.480 e. The van der Waals surface area contributed by atoms with E-state index in [9.17, 15) is 4.79 Å². The van der Waals surface area contributed by atoms with Crippen LogP contribution in [0.3, 0.4) is 0 Å². The molecule has 0 saturated heterocycles. The number of rotatable bonds is 7. The third-order valence-corrected chi connectivity index (χ3v) is 2.03. The van der Waals surface area contributed by atoms with Crippen LogP contribution in [0.2, 0.25) is 0 Å². The highest BCUT2D eigenvalue weighted by Crippen LogP contribution is 2.10. The Morgan fingerprint density at radius 3 is 2.50 bits per heavy atom. The molecule has 0 aromatic rings. The SMILES string of the molecule is CC(C)OCCCCC(C)(N)C(=O)O. The number of unbranched alkanes of at least 4 members (excludes halogenated alkanes) is 1.